The van der Waals surface area contributed by atoms with E-state index >= 15 is 0 Å². The van der Waals surface area contributed by atoms with Crippen LogP contribution in [0.3, 0.4) is 0 Å². The maximum absolute atomic E-state index is 11.6. The Hall–Kier alpha value is -1.68. The SMILES string of the molecule is CCC(O)(CC)CNC(=O)/C=C/c1ccccn1. The molecule has 1 rings (SSSR count). The summed E-state index contributed by atoms with van der Waals surface area (Å²) in [7, 11) is 0. The van der Waals surface area contributed by atoms with Crippen molar-refractivity contribution in [2.24, 2.45) is 0 Å². The zero-order chi connectivity index (χ0) is 13.4. The topological polar surface area (TPSA) is 62.2 Å². The molecule has 2 N–H and O–H groups in total. The number of amides is 1. The molecule has 1 heterocycles. The van der Waals surface area contributed by atoms with Gasteiger partial charge in [-0.15, -0.1) is 0 Å². The lowest BCUT2D eigenvalue weighted by Crippen LogP contribution is -2.41. The van der Waals surface area contributed by atoms with E-state index in [4.69, 9.17) is 0 Å². The van der Waals surface area contributed by atoms with Crippen LogP contribution in [0.15, 0.2) is 30.5 Å². The minimum atomic E-state index is -0.811. The van der Waals surface area contributed by atoms with Crippen molar-refractivity contribution >= 4 is 12.0 Å². The van der Waals surface area contributed by atoms with Crippen LogP contribution in [-0.2, 0) is 4.79 Å². The number of aromatic nitrogens is 1. The molecule has 0 unspecified atom stereocenters. The van der Waals surface area contributed by atoms with Gasteiger partial charge in [0.1, 0.15) is 0 Å². The van der Waals surface area contributed by atoms with Gasteiger partial charge in [0.2, 0.25) is 5.91 Å². The number of carbonyl (C=O) groups is 1. The summed E-state index contributed by atoms with van der Waals surface area (Å²) in [5.74, 6) is -0.221. The predicted molar refractivity (Wildman–Crippen MR) is 71.8 cm³/mol. The van der Waals surface area contributed by atoms with Crippen molar-refractivity contribution in [3.63, 3.8) is 0 Å². The number of hydrogen-bond acceptors (Lipinski definition) is 3. The lowest BCUT2D eigenvalue weighted by atomic mass is 9.98. The number of nitrogens with zero attached hydrogens (tertiary/aromatic N) is 1. The van der Waals surface area contributed by atoms with Crippen molar-refractivity contribution in [3.8, 4) is 0 Å². The smallest absolute Gasteiger partial charge is 0.244 e. The Bertz CT molecular complexity index is 398. The Morgan fingerprint density at radius 1 is 1.44 bits per heavy atom. The molecule has 0 bridgehead atoms. The predicted octanol–water partition coefficient (Wildman–Crippen LogP) is 1.76. The van der Waals surface area contributed by atoms with E-state index in [-0.39, 0.29) is 12.5 Å². The van der Waals surface area contributed by atoms with Crippen LogP contribution in [0, 0.1) is 0 Å². The largest absolute Gasteiger partial charge is 0.388 e. The lowest BCUT2D eigenvalue weighted by Gasteiger charge is -2.24. The average molecular weight is 248 g/mol. The molecule has 4 nitrogen and oxygen atoms in total. The fourth-order valence-electron chi connectivity index (χ4n) is 1.45. The second-order valence-electron chi connectivity index (χ2n) is 4.24. The third-order valence-electron chi connectivity index (χ3n) is 3.00. The van der Waals surface area contributed by atoms with Gasteiger partial charge in [0.25, 0.3) is 0 Å². The van der Waals surface area contributed by atoms with Crippen molar-refractivity contribution in [1.82, 2.24) is 10.3 Å². The fourth-order valence-corrected chi connectivity index (χ4v) is 1.45. The van der Waals surface area contributed by atoms with Gasteiger partial charge in [0, 0.05) is 18.8 Å². The van der Waals surface area contributed by atoms with E-state index in [9.17, 15) is 9.90 Å². The van der Waals surface area contributed by atoms with Crippen LogP contribution in [0.2, 0.25) is 0 Å². The fraction of sp³-hybridized carbons (Fsp3) is 0.429. The Labute approximate surface area is 108 Å². The summed E-state index contributed by atoms with van der Waals surface area (Å²) in [5, 5.41) is 12.7. The van der Waals surface area contributed by atoms with Gasteiger partial charge in [-0.1, -0.05) is 19.9 Å². The molecular weight excluding hydrogens is 228 g/mol. The number of hydrogen-bond donors (Lipinski definition) is 2. The third kappa shape index (κ3) is 4.67. The summed E-state index contributed by atoms with van der Waals surface area (Å²) in [6.45, 7) is 4.07. The highest BCUT2D eigenvalue weighted by molar-refractivity contribution is 5.91. The van der Waals surface area contributed by atoms with E-state index in [0.29, 0.717) is 12.8 Å². The van der Waals surface area contributed by atoms with Crippen LogP contribution >= 0.6 is 0 Å². The molecule has 4 heteroatoms. The quantitative estimate of drug-likeness (QED) is 0.754. The van der Waals surface area contributed by atoms with Crippen molar-refractivity contribution in [3.05, 3.63) is 36.2 Å². The zero-order valence-corrected chi connectivity index (χ0v) is 10.9. The number of rotatable bonds is 6. The maximum atomic E-state index is 11.6. The van der Waals surface area contributed by atoms with Crippen LogP contribution in [0.5, 0.6) is 0 Å². The second kappa shape index (κ2) is 6.91. The average Bonchev–Trinajstić information content (AvgIpc) is 2.43. The molecule has 0 radical (unpaired) electrons. The molecule has 0 saturated carbocycles. The normalized spacial score (nSPS) is 11.7. The minimum Gasteiger partial charge on any atom is -0.388 e. The molecule has 0 saturated heterocycles. The summed E-state index contributed by atoms with van der Waals surface area (Å²) in [6.07, 6.45) is 5.98. The Balaban J connectivity index is 2.45. The van der Waals surface area contributed by atoms with E-state index in [1.165, 1.54) is 6.08 Å². The maximum Gasteiger partial charge on any atom is 0.244 e. The third-order valence-corrected chi connectivity index (χ3v) is 3.00. The summed E-state index contributed by atoms with van der Waals surface area (Å²) in [6, 6.07) is 5.50. The van der Waals surface area contributed by atoms with E-state index in [1.54, 1.807) is 12.3 Å². The van der Waals surface area contributed by atoms with Gasteiger partial charge in [0.05, 0.1) is 11.3 Å². The second-order valence-corrected chi connectivity index (χ2v) is 4.24. The molecule has 0 spiro atoms. The number of carbonyl (C=O) groups excluding carboxylic acids is 1. The molecule has 1 aromatic heterocycles. The molecule has 1 aromatic rings. The van der Waals surface area contributed by atoms with Crippen LogP contribution in [-0.4, -0.2) is 28.1 Å². The molecule has 18 heavy (non-hydrogen) atoms. The van der Waals surface area contributed by atoms with Crippen molar-refractivity contribution in [1.29, 1.82) is 0 Å². The molecule has 1 amide bonds. The highest BCUT2D eigenvalue weighted by Gasteiger charge is 2.22. The number of aliphatic hydroxyl groups is 1. The molecular formula is C14H20N2O2. The zero-order valence-electron chi connectivity index (χ0n) is 10.9. The van der Waals surface area contributed by atoms with Gasteiger partial charge in [-0.05, 0) is 31.1 Å². The van der Waals surface area contributed by atoms with Crippen molar-refractivity contribution in [2.45, 2.75) is 32.3 Å². The van der Waals surface area contributed by atoms with E-state index in [1.807, 2.05) is 32.0 Å². The van der Waals surface area contributed by atoms with Gasteiger partial charge in [-0.2, -0.15) is 0 Å². The summed E-state index contributed by atoms with van der Waals surface area (Å²) < 4.78 is 0. The number of pyridine rings is 1. The molecule has 0 atom stereocenters. The lowest BCUT2D eigenvalue weighted by molar-refractivity contribution is -0.117. The molecule has 98 valence electrons. The molecule has 0 aliphatic rings. The monoisotopic (exact) mass is 248 g/mol. The van der Waals surface area contributed by atoms with E-state index < -0.39 is 5.60 Å². The minimum absolute atomic E-state index is 0.221. The first-order valence-corrected chi connectivity index (χ1v) is 6.19. The van der Waals surface area contributed by atoms with Crippen molar-refractivity contribution < 1.29 is 9.90 Å². The first kappa shape index (κ1) is 14.4. The van der Waals surface area contributed by atoms with E-state index in [0.717, 1.165) is 5.69 Å². The highest BCUT2D eigenvalue weighted by Crippen LogP contribution is 2.12. The highest BCUT2D eigenvalue weighted by atomic mass is 16.3. The van der Waals surface area contributed by atoms with Crippen LogP contribution in [0.1, 0.15) is 32.4 Å². The van der Waals surface area contributed by atoms with Crippen molar-refractivity contribution in [2.75, 3.05) is 6.54 Å². The van der Waals surface area contributed by atoms with Gasteiger partial charge >= 0.3 is 0 Å². The summed E-state index contributed by atoms with van der Waals surface area (Å²) >= 11 is 0. The molecule has 0 aliphatic carbocycles. The molecule has 0 fully saturated rings. The summed E-state index contributed by atoms with van der Waals surface area (Å²) in [5.41, 5.74) is -0.0806. The van der Waals surface area contributed by atoms with E-state index in [2.05, 4.69) is 10.3 Å². The van der Waals surface area contributed by atoms with Crippen LogP contribution in [0.25, 0.3) is 6.08 Å². The first-order valence-electron chi connectivity index (χ1n) is 6.19. The van der Waals surface area contributed by atoms with Gasteiger partial charge in [0.15, 0.2) is 0 Å². The standard InChI is InChI=1S/C14H20N2O2/c1-3-14(18,4-2)11-16-13(17)9-8-12-7-5-6-10-15-12/h5-10,18H,3-4,11H2,1-2H3,(H,16,17)/b9-8+. The van der Waals surface area contributed by atoms with Crippen LogP contribution in [0.4, 0.5) is 0 Å². The Morgan fingerprint density at radius 3 is 2.72 bits per heavy atom. The molecule has 0 aromatic carbocycles. The first-order chi connectivity index (χ1) is 8.59. The molecule has 0 aliphatic heterocycles. The van der Waals surface area contributed by atoms with Gasteiger partial charge in [-0.3, -0.25) is 9.78 Å². The Kier molecular flexibility index (Phi) is 5.52. The summed E-state index contributed by atoms with van der Waals surface area (Å²) in [4.78, 5) is 15.6. The van der Waals surface area contributed by atoms with Gasteiger partial charge in [-0.25, -0.2) is 0 Å². The van der Waals surface area contributed by atoms with Gasteiger partial charge < -0.3 is 10.4 Å². The Morgan fingerprint density at radius 2 is 2.17 bits per heavy atom. The van der Waals surface area contributed by atoms with Crippen LogP contribution < -0.4 is 5.32 Å². The number of nitrogens with one attached hydrogen (secondary N) is 1.